The molecule has 0 unspecified atom stereocenters. The molecule has 1 aromatic carbocycles. The van der Waals surface area contributed by atoms with Crippen LogP contribution in [-0.4, -0.2) is 72.7 Å². The number of morpholine rings is 1. The summed E-state index contributed by atoms with van der Waals surface area (Å²) < 4.78 is 11.3. The van der Waals surface area contributed by atoms with Crippen LogP contribution in [0.1, 0.15) is 41.6 Å². The van der Waals surface area contributed by atoms with Crippen molar-refractivity contribution >= 4 is 17.2 Å². The number of aromatic nitrogens is 1. The number of likely N-dealkylation sites (tertiary alicyclic amines) is 1. The summed E-state index contributed by atoms with van der Waals surface area (Å²) in [5, 5.41) is 0.874. The van der Waals surface area contributed by atoms with E-state index in [2.05, 4.69) is 16.8 Å². The Morgan fingerprint density at radius 1 is 1.23 bits per heavy atom. The molecule has 2 aromatic rings. The molecule has 4 rings (SSSR count). The zero-order chi connectivity index (χ0) is 20.9. The molecule has 162 valence electrons. The molecule has 2 aliphatic heterocycles. The highest BCUT2D eigenvalue weighted by Crippen LogP contribution is 2.30. The van der Waals surface area contributed by atoms with Gasteiger partial charge in [0.05, 0.1) is 25.5 Å². The molecule has 2 aliphatic rings. The Balaban J connectivity index is 1.32. The van der Waals surface area contributed by atoms with E-state index in [-0.39, 0.29) is 5.91 Å². The maximum Gasteiger partial charge on any atom is 0.266 e. The quantitative estimate of drug-likeness (QED) is 0.626. The minimum absolute atomic E-state index is 0.0619. The van der Waals surface area contributed by atoms with Gasteiger partial charge in [-0.25, -0.2) is 4.98 Å². The average Bonchev–Trinajstić information content (AvgIpc) is 3.37. The second kappa shape index (κ2) is 9.90. The van der Waals surface area contributed by atoms with Crippen LogP contribution >= 0.6 is 11.3 Å². The Labute approximate surface area is 182 Å². The van der Waals surface area contributed by atoms with E-state index in [0.29, 0.717) is 32.3 Å². The Kier molecular flexibility index (Phi) is 7.02. The van der Waals surface area contributed by atoms with E-state index in [1.807, 2.05) is 36.1 Å². The molecule has 1 aromatic heterocycles. The Morgan fingerprint density at radius 3 is 2.70 bits per heavy atom. The van der Waals surface area contributed by atoms with E-state index in [1.165, 1.54) is 30.7 Å². The third-order valence-electron chi connectivity index (χ3n) is 5.94. The monoisotopic (exact) mass is 429 g/mol. The Morgan fingerprint density at radius 2 is 2.00 bits per heavy atom. The van der Waals surface area contributed by atoms with Gasteiger partial charge in [-0.3, -0.25) is 4.79 Å². The van der Waals surface area contributed by atoms with Gasteiger partial charge in [-0.15, -0.1) is 11.3 Å². The first-order chi connectivity index (χ1) is 14.6. The van der Waals surface area contributed by atoms with Gasteiger partial charge in [0.2, 0.25) is 0 Å². The molecule has 0 radical (unpaired) electrons. The van der Waals surface area contributed by atoms with E-state index in [0.717, 1.165) is 46.5 Å². The van der Waals surface area contributed by atoms with Crippen molar-refractivity contribution in [3.8, 4) is 16.3 Å². The number of hydrogen-bond donors (Lipinski definition) is 0. The van der Waals surface area contributed by atoms with Crippen LogP contribution < -0.4 is 4.74 Å². The maximum atomic E-state index is 12.8. The fourth-order valence-corrected chi connectivity index (χ4v) is 5.14. The lowest BCUT2D eigenvalue weighted by molar-refractivity contribution is 0.0305. The molecule has 0 N–H and O–H groups in total. The number of rotatable bonds is 7. The van der Waals surface area contributed by atoms with Gasteiger partial charge in [-0.05, 0) is 63.9 Å². The van der Waals surface area contributed by atoms with Crippen LogP contribution in [0.5, 0.6) is 5.75 Å². The largest absolute Gasteiger partial charge is 0.494 e. The molecule has 0 aliphatic carbocycles. The lowest BCUT2D eigenvalue weighted by Gasteiger charge is -2.26. The van der Waals surface area contributed by atoms with Crippen molar-refractivity contribution in [1.82, 2.24) is 14.8 Å². The second-order valence-electron chi connectivity index (χ2n) is 8.09. The number of amides is 1. The topological polar surface area (TPSA) is 54.9 Å². The van der Waals surface area contributed by atoms with Crippen molar-refractivity contribution in [2.24, 2.45) is 0 Å². The molecule has 3 heterocycles. The number of hydrogen-bond acceptors (Lipinski definition) is 6. The summed E-state index contributed by atoms with van der Waals surface area (Å²) in [6, 6.07) is 8.76. The normalized spacial score (nSPS) is 19.9. The van der Waals surface area contributed by atoms with E-state index in [9.17, 15) is 4.79 Å². The summed E-state index contributed by atoms with van der Waals surface area (Å²) >= 11 is 1.47. The fourth-order valence-electron chi connectivity index (χ4n) is 4.10. The number of benzene rings is 1. The van der Waals surface area contributed by atoms with Crippen LogP contribution in [0.15, 0.2) is 24.3 Å². The first kappa shape index (κ1) is 21.3. The minimum atomic E-state index is 0.0619. The summed E-state index contributed by atoms with van der Waals surface area (Å²) in [6.07, 6.45) is 3.68. The summed E-state index contributed by atoms with van der Waals surface area (Å²) in [5.74, 6) is 0.943. The van der Waals surface area contributed by atoms with Gasteiger partial charge in [0.1, 0.15) is 15.6 Å². The summed E-state index contributed by atoms with van der Waals surface area (Å²) in [6.45, 7) is 9.79. The van der Waals surface area contributed by atoms with Crippen molar-refractivity contribution in [3.05, 3.63) is 34.8 Å². The van der Waals surface area contributed by atoms with Gasteiger partial charge in [-0.2, -0.15) is 0 Å². The predicted octanol–water partition coefficient (Wildman–Crippen LogP) is 3.84. The molecule has 1 atom stereocenters. The molecular weight excluding hydrogens is 398 g/mol. The van der Waals surface area contributed by atoms with E-state index >= 15 is 0 Å². The third-order valence-corrected chi connectivity index (χ3v) is 7.13. The number of nitrogens with zero attached hydrogens (tertiary/aromatic N) is 3. The number of carbonyl (C=O) groups excluding carboxylic acids is 1. The number of aryl methyl sites for hydroxylation is 1. The van der Waals surface area contributed by atoms with Crippen molar-refractivity contribution in [3.63, 3.8) is 0 Å². The van der Waals surface area contributed by atoms with Gasteiger partial charge in [0, 0.05) is 31.2 Å². The van der Waals surface area contributed by atoms with Gasteiger partial charge in [0.15, 0.2) is 0 Å². The summed E-state index contributed by atoms with van der Waals surface area (Å²) in [7, 11) is 0. The smallest absolute Gasteiger partial charge is 0.266 e. The number of thiazole rings is 1. The van der Waals surface area contributed by atoms with Crippen molar-refractivity contribution < 1.29 is 14.3 Å². The number of carbonyl (C=O) groups is 1. The van der Waals surface area contributed by atoms with Crippen molar-refractivity contribution in [1.29, 1.82) is 0 Å². The lowest BCUT2D eigenvalue weighted by Crippen LogP contribution is -2.40. The van der Waals surface area contributed by atoms with E-state index < -0.39 is 0 Å². The highest BCUT2D eigenvalue weighted by atomic mass is 32.1. The van der Waals surface area contributed by atoms with Crippen LogP contribution in [0, 0.1) is 6.92 Å². The second-order valence-corrected chi connectivity index (χ2v) is 9.09. The van der Waals surface area contributed by atoms with E-state index in [1.54, 1.807) is 0 Å². The highest BCUT2D eigenvalue weighted by Gasteiger charge is 2.23. The van der Waals surface area contributed by atoms with Crippen LogP contribution in [0.2, 0.25) is 0 Å². The molecule has 2 fully saturated rings. The molecule has 0 spiro atoms. The van der Waals surface area contributed by atoms with Crippen molar-refractivity contribution in [2.75, 3.05) is 46.0 Å². The molecular formula is C23H31N3O3S. The van der Waals surface area contributed by atoms with Crippen LogP contribution in [0.4, 0.5) is 0 Å². The SMILES string of the molecule is Cc1nc(-c2ccc(OCCCN3CCC[C@H]3C)cc2)sc1C(=O)N1CCOCC1. The van der Waals surface area contributed by atoms with E-state index in [4.69, 9.17) is 9.47 Å². The Bertz CT molecular complexity index is 846. The molecule has 0 bridgehead atoms. The predicted molar refractivity (Wildman–Crippen MR) is 119 cm³/mol. The lowest BCUT2D eigenvalue weighted by atomic mass is 10.2. The minimum Gasteiger partial charge on any atom is -0.494 e. The number of ether oxygens (including phenoxy) is 2. The molecule has 30 heavy (non-hydrogen) atoms. The molecule has 1 amide bonds. The van der Waals surface area contributed by atoms with Crippen molar-refractivity contribution in [2.45, 2.75) is 39.2 Å². The van der Waals surface area contributed by atoms with Crippen LogP contribution in [0.25, 0.3) is 10.6 Å². The maximum absolute atomic E-state index is 12.8. The zero-order valence-electron chi connectivity index (χ0n) is 17.9. The molecule has 6 nitrogen and oxygen atoms in total. The molecule has 0 saturated carbocycles. The fraction of sp³-hybridized carbons (Fsp3) is 0.565. The van der Waals surface area contributed by atoms with Gasteiger partial charge in [-0.1, -0.05) is 0 Å². The standard InChI is InChI=1S/C23H31N3O3S/c1-17-5-3-10-25(17)11-4-14-29-20-8-6-19(7-9-20)22-24-18(2)21(30-22)23(27)26-12-15-28-16-13-26/h6-9,17H,3-5,10-16H2,1-2H3/t17-/m1/s1. The summed E-state index contributed by atoms with van der Waals surface area (Å²) in [5.41, 5.74) is 1.81. The van der Waals surface area contributed by atoms with Gasteiger partial charge < -0.3 is 19.3 Å². The Hall–Kier alpha value is -1.96. The highest BCUT2D eigenvalue weighted by molar-refractivity contribution is 7.17. The average molecular weight is 430 g/mol. The first-order valence-corrected chi connectivity index (χ1v) is 11.7. The molecule has 2 saturated heterocycles. The third kappa shape index (κ3) is 5.02. The zero-order valence-corrected chi connectivity index (χ0v) is 18.7. The first-order valence-electron chi connectivity index (χ1n) is 10.9. The van der Waals surface area contributed by atoms with Gasteiger partial charge >= 0.3 is 0 Å². The van der Waals surface area contributed by atoms with Crippen LogP contribution in [-0.2, 0) is 4.74 Å². The summed E-state index contributed by atoms with van der Waals surface area (Å²) in [4.78, 5) is 22.6. The molecule has 7 heteroatoms. The van der Waals surface area contributed by atoms with Crippen LogP contribution in [0.3, 0.4) is 0 Å². The van der Waals surface area contributed by atoms with Gasteiger partial charge in [0.25, 0.3) is 5.91 Å².